The molecule has 3 N–H and O–H groups in total. The molecule has 4 rings (SSSR count). The average Bonchev–Trinajstić information content (AvgIpc) is 3.15. The highest BCUT2D eigenvalue weighted by Gasteiger charge is 2.40. The van der Waals surface area contributed by atoms with Gasteiger partial charge < -0.3 is 34.9 Å². The Kier molecular flexibility index (Phi) is 13.3. The van der Waals surface area contributed by atoms with Gasteiger partial charge in [-0.15, -0.1) is 0 Å². The molecule has 3 aromatic rings. The molecule has 1 heterocycles. The van der Waals surface area contributed by atoms with Crippen molar-refractivity contribution in [3.8, 4) is 11.5 Å². The van der Waals surface area contributed by atoms with Crippen LogP contribution in [0.1, 0.15) is 62.8 Å². The Balaban J connectivity index is 1.55. The summed E-state index contributed by atoms with van der Waals surface area (Å²) >= 11 is 6.52. The summed E-state index contributed by atoms with van der Waals surface area (Å²) in [7, 11) is 1.55. The summed E-state index contributed by atoms with van der Waals surface area (Å²) in [6.07, 6.45) is 0.391. The molecule has 11 heteroatoms. The molecule has 0 spiro atoms. The van der Waals surface area contributed by atoms with Gasteiger partial charge in [0.25, 0.3) is 5.91 Å². The summed E-state index contributed by atoms with van der Waals surface area (Å²) in [5.41, 5.74) is 2.85. The van der Waals surface area contributed by atoms with E-state index in [-0.39, 0.29) is 11.8 Å². The standard InChI is InChI=1S/C37H46ClN3O7/c1-37(2,3)24-41-29-17-16-26(38)21-28(29)34(48-31(36(41)45)22-32(42)40-23-33(43)44)27-14-8-15-30(35(27)46-4)47-20-10-19-39-18-9-13-25-11-6-5-7-12-25/h5-8,11-12,14-17,21,31,34,39H,9-10,13,18-20,22-24H2,1-4H3,(H,40,42)(H,43,44)/t31-,34-/m1/s1. The summed E-state index contributed by atoms with van der Waals surface area (Å²) in [6.45, 7) is 7.96. The van der Waals surface area contributed by atoms with Crippen molar-refractivity contribution in [3.05, 3.63) is 88.4 Å². The maximum atomic E-state index is 14.1. The molecule has 0 fully saturated rings. The molecule has 258 valence electrons. The number of aryl methyl sites for hydroxylation is 1. The van der Waals surface area contributed by atoms with Crippen molar-refractivity contribution in [1.82, 2.24) is 10.6 Å². The number of aliphatic carboxylic acids is 1. The highest BCUT2D eigenvalue weighted by Crippen LogP contribution is 2.45. The fourth-order valence-corrected chi connectivity index (χ4v) is 5.82. The molecule has 0 saturated carbocycles. The van der Waals surface area contributed by atoms with Gasteiger partial charge in [-0.05, 0) is 67.6 Å². The minimum absolute atomic E-state index is 0.301. The van der Waals surface area contributed by atoms with E-state index in [4.69, 9.17) is 30.9 Å². The van der Waals surface area contributed by atoms with Crippen LogP contribution in [0.15, 0.2) is 66.7 Å². The van der Waals surface area contributed by atoms with E-state index in [0.29, 0.717) is 46.5 Å². The average molecular weight is 680 g/mol. The third kappa shape index (κ3) is 10.4. The van der Waals surface area contributed by atoms with Crippen molar-refractivity contribution in [3.63, 3.8) is 0 Å². The lowest BCUT2D eigenvalue weighted by Gasteiger charge is -2.31. The molecule has 48 heavy (non-hydrogen) atoms. The zero-order chi connectivity index (χ0) is 34.7. The Labute approximate surface area is 287 Å². The number of carbonyl (C=O) groups is 3. The summed E-state index contributed by atoms with van der Waals surface area (Å²) in [6, 6.07) is 21.2. The molecule has 10 nitrogen and oxygen atoms in total. The van der Waals surface area contributed by atoms with Crippen molar-refractivity contribution < 1.29 is 33.7 Å². The molecule has 2 atom stereocenters. The summed E-state index contributed by atoms with van der Waals surface area (Å²) in [5.74, 6) is -1.26. The molecule has 0 bridgehead atoms. The van der Waals surface area contributed by atoms with Gasteiger partial charge in [0.15, 0.2) is 11.5 Å². The number of rotatable bonds is 16. The minimum Gasteiger partial charge on any atom is -0.492 e. The van der Waals surface area contributed by atoms with Crippen molar-refractivity contribution in [2.75, 3.05) is 44.8 Å². The second-order valence-corrected chi connectivity index (χ2v) is 13.4. The number of methoxy groups -OCH3 is 1. The normalized spacial score (nSPS) is 16.2. The molecule has 2 amide bonds. The van der Waals surface area contributed by atoms with Crippen molar-refractivity contribution in [2.45, 2.75) is 58.7 Å². The van der Waals surface area contributed by atoms with Gasteiger partial charge in [-0.2, -0.15) is 0 Å². The third-order valence-corrected chi connectivity index (χ3v) is 7.99. The number of hydrogen-bond acceptors (Lipinski definition) is 7. The highest BCUT2D eigenvalue weighted by atomic mass is 35.5. The van der Waals surface area contributed by atoms with E-state index in [1.807, 2.05) is 45.0 Å². The molecule has 1 aliphatic rings. The first-order valence-electron chi connectivity index (χ1n) is 16.3. The molecule has 1 aliphatic heterocycles. The zero-order valence-electron chi connectivity index (χ0n) is 28.1. The molecule has 0 aliphatic carbocycles. The van der Waals surface area contributed by atoms with E-state index in [2.05, 4.69) is 34.9 Å². The number of carbonyl (C=O) groups excluding carboxylic acids is 2. The third-order valence-electron chi connectivity index (χ3n) is 7.76. The number of nitrogens with one attached hydrogen (secondary N) is 2. The van der Waals surface area contributed by atoms with Gasteiger partial charge in [-0.1, -0.05) is 74.8 Å². The quantitative estimate of drug-likeness (QED) is 0.162. The number of benzene rings is 3. The molecular formula is C37H46ClN3O7. The van der Waals surface area contributed by atoms with Crippen LogP contribution in [0.5, 0.6) is 11.5 Å². The van der Waals surface area contributed by atoms with Crippen LogP contribution in [0.4, 0.5) is 5.69 Å². The molecular weight excluding hydrogens is 634 g/mol. The second kappa shape index (κ2) is 17.3. The van der Waals surface area contributed by atoms with Crippen LogP contribution in [0, 0.1) is 5.41 Å². The van der Waals surface area contributed by atoms with Gasteiger partial charge in [0, 0.05) is 28.4 Å². The molecule has 0 saturated heterocycles. The SMILES string of the molecule is COc1c(OCCCNCCCc2ccccc2)cccc1[C@H]1O[C@H](CC(=O)NCC(=O)O)C(=O)N(CC(C)(C)C)c2ccc(Cl)cc21. The fraction of sp³-hybridized carbons (Fsp3) is 0.432. The number of fused-ring (bicyclic) bond motifs is 1. The van der Waals surface area contributed by atoms with E-state index < -0.39 is 36.5 Å². The monoisotopic (exact) mass is 679 g/mol. The maximum absolute atomic E-state index is 14.1. The largest absolute Gasteiger partial charge is 0.492 e. The van der Waals surface area contributed by atoms with Crippen molar-refractivity contribution >= 4 is 35.1 Å². The summed E-state index contributed by atoms with van der Waals surface area (Å²) < 4.78 is 18.6. The number of carboxylic acid groups (broad SMARTS) is 1. The van der Waals surface area contributed by atoms with E-state index in [1.54, 1.807) is 30.2 Å². The first-order valence-corrected chi connectivity index (χ1v) is 16.6. The van der Waals surface area contributed by atoms with E-state index in [9.17, 15) is 14.4 Å². The van der Waals surface area contributed by atoms with Crippen LogP contribution in [0.3, 0.4) is 0 Å². The van der Waals surface area contributed by atoms with Crippen molar-refractivity contribution in [2.24, 2.45) is 5.41 Å². The zero-order valence-corrected chi connectivity index (χ0v) is 28.8. The smallest absolute Gasteiger partial charge is 0.322 e. The lowest BCUT2D eigenvalue weighted by Crippen LogP contribution is -2.45. The van der Waals surface area contributed by atoms with Gasteiger partial charge in [-0.3, -0.25) is 14.4 Å². The molecule has 0 aromatic heterocycles. The van der Waals surface area contributed by atoms with Crippen LogP contribution >= 0.6 is 11.6 Å². The van der Waals surface area contributed by atoms with Crippen molar-refractivity contribution in [1.29, 1.82) is 0 Å². The molecule has 0 unspecified atom stereocenters. The van der Waals surface area contributed by atoms with Crippen LogP contribution < -0.4 is 25.0 Å². The van der Waals surface area contributed by atoms with Gasteiger partial charge in [0.2, 0.25) is 5.91 Å². The minimum atomic E-state index is -1.22. The second-order valence-electron chi connectivity index (χ2n) is 13.0. The number of anilines is 1. The first-order chi connectivity index (χ1) is 23.0. The fourth-order valence-electron chi connectivity index (χ4n) is 5.64. The van der Waals surface area contributed by atoms with Crippen LogP contribution in [0.25, 0.3) is 0 Å². The number of amides is 2. The van der Waals surface area contributed by atoms with Gasteiger partial charge in [-0.25, -0.2) is 0 Å². The van der Waals surface area contributed by atoms with Gasteiger partial charge in [0.1, 0.15) is 18.8 Å². The van der Waals surface area contributed by atoms with E-state index >= 15 is 0 Å². The maximum Gasteiger partial charge on any atom is 0.322 e. The number of halogens is 1. The van der Waals surface area contributed by atoms with E-state index in [1.165, 1.54) is 5.56 Å². The lowest BCUT2D eigenvalue weighted by molar-refractivity contribution is -0.140. The Morgan fingerprint density at radius 2 is 1.75 bits per heavy atom. The first kappa shape index (κ1) is 36.7. The number of ether oxygens (including phenoxy) is 3. The Morgan fingerprint density at radius 3 is 2.46 bits per heavy atom. The van der Waals surface area contributed by atoms with E-state index in [0.717, 1.165) is 32.4 Å². The summed E-state index contributed by atoms with van der Waals surface area (Å²) in [4.78, 5) is 39.6. The summed E-state index contributed by atoms with van der Waals surface area (Å²) in [5, 5.41) is 15.3. The topological polar surface area (TPSA) is 126 Å². The predicted octanol–water partition coefficient (Wildman–Crippen LogP) is 5.80. The Bertz CT molecular complexity index is 1540. The van der Waals surface area contributed by atoms with Crippen LogP contribution in [-0.2, 0) is 25.5 Å². The van der Waals surface area contributed by atoms with Crippen LogP contribution in [0.2, 0.25) is 5.02 Å². The number of para-hydroxylation sites is 1. The number of nitrogens with zero attached hydrogens (tertiary/aromatic N) is 1. The number of hydrogen-bond donors (Lipinski definition) is 3. The molecule has 3 aromatic carbocycles. The predicted molar refractivity (Wildman–Crippen MR) is 186 cm³/mol. The Morgan fingerprint density at radius 1 is 1.00 bits per heavy atom. The lowest BCUT2D eigenvalue weighted by atomic mass is 9.94. The molecule has 0 radical (unpaired) electrons. The van der Waals surface area contributed by atoms with Crippen LogP contribution in [-0.4, -0.2) is 68.9 Å². The Hall–Kier alpha value is -4.12. The van der Waals surface area contributed by atoms with Gasteiger partial charge in [0.05, 0.1) is 20.1 Å². The van der Waals surface area contributed by atoms with Gasteiger partial charge >= 0.3 is 5.97 Å². The number of carboxylic acids is 1. The highest BCUT2D eigenvalue weighted by molar-refractivity contribution is 6.30.